The number of nitrogens with zero attached hydrogens (tertiary/aromatic N) is 2. The van der Waals surface area contributed by atoms with Crippen molar-refractivity contribution < 1.29 is 4.74 Å². The molecule has 0 N–H and O–H groups in total. The lowest BCUT2D eigenvalue weighted by Crippen LogP contribution is -1.97. The van der Waals surface area contributed by atoms with Gasteiger partial charge in [-0.3, -0.25) is 0 Å². The molecule has 13 rings (SSSR count). The van der Waals surface area contributed by atoms with Crippen molar-refractivity contribution in [1.29, 1.82) is 0 Å². The van der Waals surface area contributed by atoms with E-state index in [4.69, 9.17) is 14.7 Å². The van der Waals surface area contributed by atoms with Gasteiger partial charge in [-0.1, -0.05) is 200 Å². The number of hydrogen-bond donors (Lipinski definition) is 0. The molecule has 0 atom stereocenters. The number of fused-ring (bicyclic) bond motifs is 6. The van der Waals surface area contributed by atoms with Crippen LogP contribution in [0.2, 0.25) is 0 Å². The number of hydrogen-bond acceptors (Lipinski definition) is 3. The second-order valence-corrected chi connectivity index (χ2v) is 16.9. The monoisotopic (exact) mass is 826 g/mol. The minimum Gasteiger partial charge on any atom is -0.456 e. The first-order valence-corrected chi connectivity index (χ1v) is 22.1. The minimum atomic E-state index is 0.682. The van der Waals surface area contributed by atoms with Gasteiger partial charge in [-0.05, 0) is 107 Å². The summed E-state index contributed by atoms with van der Waals surface area (Å²) in [5, 5.41) is 9.83. The van der Waals surface area contributed by atoms with Gasteiger partial charge in [0.25, 0.3) is 0 Å². The van der Waals surface area contributed by atoms with Crippen LogP contribution in [0, 0.1) is 0 Å². The lowest BCUT2D eigenvalue weighted by Gasteiger charge is -2.22. The summed E-state index contributed by atoms with van der Waals surface area (Å²) in [6.07, 6.45) is 0. The highest BCUT2D eigenvalue weighted by molar-refractivity contribution is 6.20. The first kappa shape index (κ1) is 36.9. The molecule has 0 saturated carbocycles. The standard InChI is InChI=1S/C62H38N2O/c1-2-10-39(11-3-1)40-22-30-47(31-23-40)62-63-56(43-24-20-41(21-25-43)48-33-35-58-55(36-48)52-18-8-14-45-15-9-19-59(65-58)61(45)52)38-57(64-62)44-26-28-46(29-27-44)60-51-17-7-5-13-49(51)37-54-50-16-6-4-12-42(50)32-34-53(54)60/h1-38H. The second-order valence-electron chi connectivity index (χ2n) is 16.9. The van der Waals surface area contributed by atoms with Crippen LogP contribution in [0.15, 0.2) is 231 Å². The Balaban J connectivity index is 0.898. The highest BCUT2D eigenvalue weighted by Gasteiger charge is 2.21. The molecule has 0 radical (unpaired) electrons. The number of ether oxygens (including phenoxy) is 1. The first-order valence-electron chi connectivity index (χ1n) is 22.1. The predicted molar refractivity (Wildman–Crippen MR) is 270 cm³/mol. The third kappa shape index (κ3) is 6.36. The Morgan fingerprint density at radius 2 is 0.846 bits per heavy atom. The van der Waals surface area contributed by atoms with E-state index in [1.54, 1.807) is 0 Å². The molecule has 0 fully saturated rings. The summed E-state index contributed by atoms with van der Waals surface area (Å²) >= 11 is 0. The molecule has 11 aromatic carbocycles. The SMILES string of the molecule is c1ccc(-c2ccc(-c3nc(-c4ccc(-c5ccc6c(c5)-c5cccc7cccc(c57)O6)cc4)cc(-c4ccc(-c5c6ccccc6cc6c5ccc5ccccc56)cc4)n3)cc2)cc1. The van der Waals surface area contributed by atoms with E-state index in [1.165, 1.54) is 60.0 Å². The minimum absolute atomic E-state index is 0.682. The van der Waals surface area contributed by atoms with Gasteiger partial charge >= 0.3 is 0 Å². The van der Waals surface area contributed by atoms with E-state index in [2.05, 4.69) is 224 Å². The van der Waals surface area contributed by atoms with E-state index >= 15 is 0 Å². The zero-order chi connectivity index (χ0) is 42.8. The van der Waals surface area contributed by atoms with E-state index in [-0.39, 0.29) is 0 Å². The molecule has 0 saturated heterocycles. The van der Waals surface area contributed by atoms with Crippen LogP contribution in [0.5, 0.6) is 11.5 Å². The van der Waals surface area contributed by atoms with Crippen LogP contribution < -0.4 is 4.74 Å². The molecular formula is C62H38N2O. The average molecular weight is 827 g/mol. The molecule has 1 aliphatic rings. The van der Waals surface area contributed by atoms with Gasteiger partial charge in [0, 0.05) is 27.6 Å². The van der Waals surface area contributed by atoms with Crippen molar-refractivity contribution in [2.24, 2.45) is 0 Å². The van der Waals surface area contributed by atoms with Crippen LogP contribution in [0.25, 0.3) is 122 Å². The van der Waals surface area contributed by atoms with E-state index in [0.29, 0.717) is 5.82 Å². The molecule has 302 valence electrons. The van der Waals surface area contributed by atoms with E-state index < -0.39 is 0 Å². The summed E-state index contributed by atoms with van der Waals surface area (Å²) in [4.78, 5) is 10.5. The maximum Gasteiger partial charge on any atom is 0.160 e. The Bertz CT molecular complexity index is 3810. The number of benzene rings is 11. The summed E-state index contributed by atoms with van der Waals surface area (Å²) < 4.78 is 6.40. The molecule has 0 aliphatic carbocycles. The fraction of sp³-hybridized carbons (Fsp3) is 0. The Morgan fingerprint density at radius 1 is 0.277 bits per heavy atom. The van der Waals surface area contributed by atoms with Crippen LogP contribution in [0.1, 0.15) is 0 Å². The average Bonchev–Trinajstić information content (AvgIpc) is 3.38. The second kappa shape index (κ2) is 15.0. The van der Waals surface area contributed by atoms with Crippen molar-refractivity contribution in [2.45, 2.75) is 0 Å². The number of rotatable bonds is 6. The van der Waals surface area contributed by atoms with Gasteiger partial charge in [0.05, 0.1) is 11.4 Å². The van der Waals surface area contributed by atoms with Crippen LogP contribution in [0.4, 0.5) is 0 Å². The first-order chi connectivity index (χ1) is 32.2. The Hall–Kier alpha value is -8.66. The van der Waals surface area contributed by atoms with Crippen molar-refractivity contribution in [3.05, 3.63) is 231 Å². The van der Waals surface area contributed by atoms with Gasteiger partial charge in [0.15, 0.2) is 5.82 Å². The lowest BCUT2D eigenvalue weighted by atomic mass is 9.89. The normalized spacial score (nSPS) is 11.8. The summed E-state index contributed by atoms with van der Waals surface area (Å²) in [5.74, 6) is 2.46. The van der Waals surface area contributed by atoms with Crippen LogP contribution >= 0.6 is 0 Å². The molecule has 3 nitrogen and oxygen atoms in total. The summed E-state index contributed by atoms with van der Waals surface area (Å²) in [5.41, 5.74) is 14.0. The molecule has 65 heavy (non-hydrogen) atoms. The molecule has 1 aliphatic heterocycles. The molecule has 0 amide bonds. The predicted octanol–water partition coefficient (Wildman–Crippen LogP) is 16.9. The topological polar surface area (TPSA) is 35.0 Å². The molecule has 2 heterocycles. The third-order valence-corrected chi connectivity index (χ3v) is 13.1. The van der Waals surface area contributed by atoms with E-state index in [1.807, 2.05) is 6.07 Å². The van der Waals surface area contributed by atoms with Crippen molar-refractivity contribution >= 4 is 43.1 Å². The van der Waals surface area contributed by atoms with Crippen LogP contribution in [-0.2, 0) is 0 Å². The molecule has 0 bridgehead atoms. The van der Waals surface area contributed by atoms with Gasteiger partial charge < -0.3 is 4.74 Å². The Morgan fingerprint density at radius 3 is 1.60 bits per heavy atom. The highest BCUT2D eigenvalue weighted by Crippen LogP contribution is 2.48. The van der Waals surface area contributed by atoms with Gasteiger partial charge in [-0.2, -0.15) is 0 Å². The number of aromatic nitrogens is 2. The van der Waals surface area contributed by atoms with Crippen molar-refractivity contribution in [2.75, 3.05) is 0 Å². The Kier molecular flexibility index (Phi) is 8.53. The van der Waals surface area contributed by atoms with Gasteiger partial charge in [-0.25, -0.2) is 9.97 Å². The van der Waals surface area contributed by atoms with E-state index in [9.17, 15) is 0 Å². The summed E-state index contributed by atoms with van der Waals surface area (Å²) in [6, 6.07) is 82.3. The summed E-state index contributed by atoms with van der Waals surface area (Å²) in [7, 11) is 0. The fourth-order valence-corrected chi connectivity index (χ4v) is 9.83. The maximum absolute atomic E-state index is 6.40. The molecule has 0 unspecified atom stereocenters. The maximum atomic E-state index is 6.40. The molecule has 3 heteroatoms. The zero-order valence-corrected chi connectivity index (χ0v) is 35.2. The van der Waals surface area contributed by atoms with Crippen molar-refractivity contribution in [3.8, 4) is 89.9 Å². The van der Waals surface area contributed by atoms with Gasteiger partial charge in [0.2, 0.25) is 0 Å². The smallest absolute Gasteiger partial charge is 0.160 e. The molecular weight excluding hydrogens is 789 g/mol. The highest BCUT2D eigenvalue weighted by atomic mass is 16.5. The molecule has 12 aromatic rings. The lowest BCUT2D eigenvalue weighted by molar-refractivity contribution is 0.487. The van der Waals surface area contributed by atoms with Gasteiger partial charge in [-0.15, -0.1) is 0 Å². The largest absolute Gasteiger partial charge is 0.456 e. The van der Waals surface area contributed by atoms with Gasteiger partial charge in [0.1, 0.15) is 11.5 Å². The zero-order valence-electron chi connectivity index (χ0n) is 35.2. The van der Waals surface area contributed by atoms with Crippen molar-refractivity contribution in [3.63, 3.8) is 0 Å². The molecule has 1 aromatic heterocycles. The Labute approximate surface area is 376 Å². The summed E-state index contributed by atoms with van der Waals surface area (Å²) in [6.45, 7) is 0. The van der Waals surface area contributed by atoms with Crippen LogP contribution in [0.3, 0.4) is 0 Å². The van der Waals surface area contributed by atoms with Crippen LogP contribution in [-0.4, -0.2) is 9.97 Å². The van der Waals surface area contributed by atoms with Crippen molar-refractivity contribution in [1.82, 2.24) is 9.97 Å². The van der Waals surface area contributed by atoms with E-state index in [0.717, 1.165) is 67.2 Å². The third-order valence-electron chi connectivity index (χ3n) is 13.1. The molecule has 0 spiro atoms. The quantitative estimate of drug-likeness (QED) is 0.124. The fourth-order valence-electron chi connectivity index (χ4n) is 9.83.